The molecule has 2 heterocycles. The summed E-state index contributed by atoms with van der Waals surface area (Å²) in [6.07, 6.45) is 3.73. The Morgan fingerprint density at radius 2 is 1.85 bits per heavy atom. The highest BCUT2D eigenvalue weighted by Gasteiger charge is 2.20. The van der Waals surface area contributed by atoms with E-state index in [-0.39, 0.29) is 10.8 Å². The van der Waals surface area contributed by atoms with Crippen LogP contribution in [0.2, 0.25) is 0 Å². The van der Waals surface area contributed by atoms with E-state index in [9.17, 15) is 13.2 Å². The topological polar surface area (TPSA) is 110 Å². The third-order valence-electron chi connectivity index (χ3n) is 5.84. The molecule has 0 bridgehead atoms. The quantitative estimate of drug-likeness (QED) is 0.490. The van der Waals surface area contributed by atoms with Crippen molar-refractivity contribution in [1.29, 1.82) is 0 Å². The standard InChI is InChI=1S/C23H29N5O3S2/c1-3-28-21-12-11-19(33(24,30)31)15-20(21)26-23(28)32-16(2)22(29)25-17-7-9-18(10-8-17)27-13-5-4-6-14-27/h7-12,15-16H,3-6,13-14H2,1-2H3,(H,25,29)(H2,24,30,31). The number of amides is 1. The van der Waals surface area contributed by atoms with E-state index >= 15 is 0 Å². The van der Waals surface area contributed by atoms with Gasteiger partial charge in [-0.05, 0) is 75.6 Å². The monoisotopic (exact) mass is 487 g/mol. The van der Waals surface area contributed by atoms with Gasteiger partial charge in [0.2, 0.25) is 15.9 Å². The minimum Gasteiger partial charge on any atom is -0.372 e. The molecule has 1 unspecified atom stereocenters. The summed E-state index contributed by atoms with van der Waals surface area (Å²) < 4.78 is 25.3. The van der Waals surface area contributed by atoms with Crippen molar-refractivity contribution in [3.05, 3.63) is 42.5 Å². The maximum atomic E-state index is 12.8. The summed E-state index contributed by atoms with van der Waals surface area (Å²) in [6, 6.07) is 12.6. The lowest BCUT2D eigenvalue weighted by Gasteiger charge is -2.28. The predicted octanol–water partition coefficient (Wildman–Crippen LogP) is 3.81. The van der Waals surface area contributed by atoms with Gasteiger partial charge in [-0.3, -0.25) is 4.79 Å². The van der Waals surface area contributed by atoms with Crippen LogP contribution >= 0.6 is 11.8 Å². The highest BCUT2D eigenvalue weighted by molar-refractivity contribution is 8.00. The molecule has 1 saturated heterocycles. The number of rotatable bonds is 7. The van der Waals surface area contributed by atoms with Crippen LogP contribution in [0, 0.1) is 0 Å². The van der Waals surface area contributed by atoms with E-state index in [4.69, 9.17) is 5.14 Å². The normalized spacial score (nSPS) is 15.5. The molecule has 10 heteroatoms. The number of hydrogen-bond acceptors (Lipinski definition) is 6. The van der Waals surface area contributed by atoms with Gasteiger partial charge in [-0.2, -0.15) is 0 Å². The smallest absolute Gasteiger partial charge is 0.238 e. The van der Waals surface area contributed by atoms with Crippen molar-refractivity contribution in [3.8, 4) is 0 Å². The Balaban J connectivity index is 1.46. The molecule has 2 aromatic carbocycles. The van der Waals surface area contributed by atoms with E-state index < -0.39 is 15.3 Å². The predicted molar refractivity (Wildman–Crippen MR) is 133 cm³/mol. The average Bonchev–Trinajstić information content (AvgIpc) is 3.15. The number of sulfonamides is 1. The summed E-state index contributed by atoms with van der Waals surface area (Å²) in [5, 5.41) is 8.49. The van der Waals surface area contributed by atoms with Gasteiger partial charge in [-0.15, -0.1) is 0 Å². The Morgan fingerprint density at radius 3 is 2.48 bits per heavy atom. The van der Waals surface area contributed by atoms with Gasteiger partial charge in [0.15, 0.2) is 5.16 Å². The molecule has 0 radical (unpaired) electrons. The number of imidazole rings is 1. The van der Waals surface area contributed by atoms with E-state index in [0.29, 0.717) is 17.2 Å². The third kappa shape index (κ3) is 5.34. The largest absolute Gasteiger partial charge is 0.372 e. The van der Waals surface area contributed by atoms with Gasteiger partial charge >= 0.3 is 0 Å². The number of aryl methyl sites for hydroxylation is 1. The van der Waals surface area contributed by atoms with Crippen LogP contribution in [0.3, 0.4) is 0 Å². The van der Waals surface area contributed by atoms with E-state index in [2.05, 4.69) is 27.3 Å². The summed E-state index contributed by atoms with van der Waals surface area (Å²) in [7, 11) is -3.81. The number of carbonyl (C=O) groups excluding carboxylic acids is 1. The molecule has 4 rings (SSSR count). The molecular formula is C23H29N5O3S2. The molecule has 0 saturated carbocycles. The fraction of sp³-hybridized carbons (Fsp3) is 0.391. The van der Waals surface area contributed by atoms with Crippen LogP contribution in [0.15, 0.2) is 52.5 Å². The van der Waals surface area contributed by atoms with Gasteiger partial charge in [0.05, 0.1) is 21.2 Å². The van der Waals surface area contributed by atoms with Gasteiger partial charge < -0.3 is 14.8 Å². The number of fused-ring (bicyclic) bond motifs is 1. The number of thioether (sulfide) groups is 1. The molecule has 0 aliphatic carbocycles. The molecule has 8 nitrogen and oxygen atoms in total. The zero-order chi connectivity index (χ0) is 23.6. The highest BCUT2D eigenvalue weighted by Crippen LogP contribution is 2.29. The average molecular weight is 488 g/mol. The first kappa shape index (κ1) is 23.6. The van der Waals surface area contributed by atoms with Crippen LogP contribution in [0.1, 0.15) is 33.1 Å². The fourth-order valence-electron chi connectivity index (χ4n) is 4.02. The maximum absolute atomic E-state index is 12.8. The Morgan fingerprint density at radius 1 is 1.15 bits per heavy atom. The molecule has 1 aromatic heterocycles. The van der Waals surface area contributed by atoms with Crippen molar-refractivity contribution in [2.75, 3.05) is 23.3 Å². The Hall–Kier alpha value is -2.56. The molecule has 1 atom stereocenters. The van der Waals surface area contributed by atoms with E-state index in [1.54, 1.807) is 6.07 Å². The first-order chi connectivity index (χ1) is 15.8. The van der Waals surface area contributed by atoms with Gasteiger partial charge in [0, 0.05) is 31.0 Å². The summed E-state index contributed by atoms with van der Waals surface area (Å²) in [5.41, 5.74) is 3.28. The first-order valence-corrected chi connectivity index (χ1v) is 13.5. The number of benzene rings is 2. The lowest BCUT2D eigenvalue weighted by molar-refractivity contribution is -0.115. The van der Waals surface area contributed by atoms with E-state index in [1.165, 1.54) is 48.8 Å². The second-order valence-corrected chi connectivity index (χ2v) is 11.0. The third-order valence-corrected chi connectivity index (χ3v) is 7.84. The second-order valence-electron chi connectivity index (χ2n) is 8.18. The number of nitrogens with zero attached hydrogens (tertiary/aromatic N) is 3. The van der Waals surface area contributed by atoms with Crippen LogP contribution in [0.5, 0.6) is 0 Å². The van der Waals surface area contributed by atoms with E-state index in [0.717, 1.165) is 24.3 Å². The molecule has 1 fully saturated rings. The minimum atomic E-state index is -3.81. The number of anilines is 2. The lowest BCUT2D eigenvalue weighted by atomic mass is 10.1. The van der Waals surface area contributed by atoms with Crippen LogP contribution in [-0.2, 0) is 21.4 Å². The summed E-state index contributed by atoms with van der Waals surface area (Å²) in [4.78, 5) is 19.8. The zero-order valence-corrected chi connectivity index (χ0v) is 20.5. The Labute approximate surface area is 198 Å². The van der Waals surface area contributed by atoms with Crippen molar-refractivity contribution in [2.45, 2.75) is 55.0 Å². The summed E-state index contributed by atoms with van der Waals surface area (Å²) in [5.74, 6) is -0.120. The number of nitrogens with one attached hydrogen (secondary N) is 1. The van der Waals surface area contributed by atoms with Crippen molar-refractivity contribution in [1.82, 2.24) is 9.55 Å². The molecule has 176 valence electrons. The van der Waals surface area contributed by atoms with Gasteiger partial charge in [0.1, 0.15) is 0 Å². The molecule has 0 spiro atoms. The minimum absolute atomic E-state index is 0.0195. The van der Waals surface area contributed by atoms with Crippen molar-refractivity contribution >= 4 is 50.1 Å². The SMILES string of the molecule is CCn1c(SC(C)C(=O)Nc2ccc(N3CCCCC3)cc2)nc2cc(S(N)(=O)=O)ccc21. The summed E-state index contributed by atoms with van der Waals surface area (Å²) in [6.45, 7) is 6.61. The zero-order valence-electron chi connectivity index (χ0n) is 18.8. The van der Waals surface area contributed by atoms with Gasteiger partial charge in [0.25, 0.3) is 0 Å². The fourth-order valence-corrected chi connectivity index (χ4v) is 5.54. The van der Waals surface area contributed by atoms with Gasteiger partial charge in [-0.25, -0.2) is 18.5 Å². The van der Waals surface area contributed by atoms with Crippen molar-refractivity contribution < 1.29 is 13.2 Å². The number of hydrogen-bond donors (Lipinski definition) is 2. The number of nitrogens with two attached hydrogens (primary N) is 1. The van der Waals surface area contributed by atoms with Crippen molar-refractivity contribution in [3.63, 3.8) is 0 Å². The number of piperidine rings is 1. The molecule has 1 aliphatic rings. The maximum Gasteiger partial charge on any atom is 0.238 e. The van der Waals surface area contributed by atoms with Gasteiger partial charge in [-0.1, -0.05) is 11.8 Å². The molecule has 3 N–H and O–H groups in total. The van der Waals surface area contributed by atoms with Crippen LogP contribution in [0.4, 0.5) is 11.4 Å². The van der Waals surface area contributed by atoms with Crippen LogP contribution in [0.25, 0.3) is 11.0 Å². The Kier molecular flexibility index (Phi) is 6.96. The molecular weight excluding hydrogens is 458 g/mol. The van der Waals surface area contributed by atoms with E-state index in [1.807, 2.05) is 30.5 Å². The Bertz CT molecular complexity index is 1250. The molecule has 1 aliphatic heterocycles. The molecule has 33 heavy (non-hydrogen) atoms. The number of carbonyl (C=O) groups is 1. The molecule has 1 amide bonds. The lowest BCUT2D eigenvalue weighted by Crippen LogP contribution is -2.29. The number of primary sulfonamides is 1. The second kappa shape index (κ2) is 9.74. The summed E-state index contributed by atoms with van der Waals surface area (Å²) >= 11 is 1.34. The van der Waals surface area contributed by atoms with Crippen LogP contribution in [-0.4, -0.2) is 42.2 Å². The van der Waals surface area contributed by atoms with Crippen LogP contribution < -0.4 is 15.4 Å². The molecule has 3 aromatic rings. The number of aromatic nitrogens is 2. The van der Waals surface area contributed by atoms with Crippen molar-refractivity contribution in [2.24, 2.45) is 5.14 Å². The first-order valence-electron chi connectivity index (χ1n) is 11.1. The highest BCUT2D eigenvalue weighted by atomic mass is 32.2.